The quantitative estimate of drug-likeness (QED) is 0.797. The zero-order valence-electron chi connectivity index (χ0n) is 10.9. The van der Waals surface area contributed by atoms with E-state index in [0.29, 0.717) is 30.3 Å². The molecule has 0 unspecified atom stereocenters. The number of hydrogen-bond donors (Lipinski definition) is 3. The average molecular weight is 277 g/mol. The Morgan fingerprint density at radius 1 is 1.30 bits per heavy atom. The number of aliphatic hydroxyl groups excluding tert-OH is 1. The Morgan fingerprint density at radius 2 is 2.10 bits per heavy atom. The number of alkyl halides is 1. The van der Waals surface area contributed by atoms with Gasteiger partial charge in [-0.15, -0.1) is 0 Å². The van der Waals surface area contributed by atoms with Crippen molar-refractivity contribution in [1.82, 2.24) is 9.97 Å². The van der Waals surface area contributed by atoms with E-state index in [9.17, 15) is 9.50 Å². The van der Waals surface area contributed by atoms with Crippen molar-refractivity contribution in [1.29, 1.82) is 0 Å². The second kappa shape index (κ2) is 4.86. The molecule has 0 bridgehead atoms. The van der Waals surface area contributed by atoms with Gasteiger partial charge in [0.05, 0.1) is 17.5 Å². The zero-order valence-corrected chi connectivity index (χ0v) is 10.9. The third kappa shape index (κ3) is 2.16. The van der Waals surface area contributed by atoms with Gasteiger partial charge < -0.3 is 15.5 Å². The van der Waals surface area contributed by atoms with Crippen molar-refractivity contribution in [2.24, 2.45) is 0 Å². The summed E-state index contributed by atoms with van der Waals surface area (Å²) in [6.45, 7) is 0.433. The van der Waals surface area contributed by atoms with Gasteiger partial charge in [0.2, 0.25) is 5.88 Å². The van der Waals surface area contributed by atoms with Crippen LogP contribution < -0.4 is 5.32 Å². The average Bonchev–Trinajstić information content (AvgIpc) is 2.42. The van der Waals surface area contributed by atoms with E-state index < -0.39 is 5.67 Å². The molecule has 3 rings (SSSR count). The normalized spacial score (nSPS) is 16.9. The van der Waals surface area contributed by atoms with E-state index in [1.807, 2.05) is 0 Å². The molecule has 1 aromatic heterocycles. The maximum Gasteiger partial charge on any atom is 0.222 e. The second-order valence-electron chi connectivity index (χ2n) is 5.07. The fourth-order valence-corrected chi connectivity index (χ4v) is 2.33. The number of hydrogen-bond acceptors (Lipinski definition) is 5. The van der Waals surface area contributed by atoms with Crippen LogP contribution in [0.3, 0.4) is 0 Å². The largest absolute Gasteiger partial charge is 0.493 e. The molecule has 0 aliphatic heterocycles. The molecule has 1 heterocycles. The highest BCUT2D eigenvalue weighted by molar-refractivity contribution is 5.86. The number of nitrogens with one attached hydrogen (secondary N) is 1. The molecule has 1 aliphatic carbocycles. The summed E-state index contributed by atoms with van der Waals surface area (Å²) in [6.07, 6.45) is 1.64. The molecule has 1 aliphatic rings. The van der Waals surface area contributed by atoms with Gasteiger partial charge in [0.1, 0.15) is 0 Å². The third-order valence-electron chi connectivity index (χ3n) is 3.66. The minimum atomic E-state index is -1.49. The van der Waals surface area contributed by atoms with E-state index >= 15 is 0 Å². The lowest BCUT2D eigenvalue weighted by Crippen LogP contribution is -2.31. The van der Waals surface area contributed by atoms with Crippen molar-refractivity contribution in [2.75, 3.05) is 18.5 Å². The highest BCUT2D eigenvalue weighted by Gasteiger charge is 2.42. The second-order valence-corrected chi connectivity index (χ2v) is 5.07. The van der Waals surface area contributed by atoms with E-state index in [0.717, 1.165) is 12.1 Å². The van der Waals surface area contributed by atoms with Gasteiger partial charge in [-0.1, -0.05) is 0 Å². The van der Waals surface area contributed by atoms with Gasteiger partial charge in [0, 0.05) is 12.2 Å². The van der Waals surface area contributed by atoms with Crippen molar-refractivity contribution in [3.8, 4) is 5.88 Å². The maximum atomic E-state index is 14.3. The van der Waals surface area contributed by atoms with Crippen LogP contribution in [0.4, 0.5) is 10.1 Å². The fraction of sp³-hybridized carbons (Fsp3) is 0.429. The van der Waals surface area contributed by atoms with Crippen molar-refractivity contribution >= 4 is 16.6 Å². The predicted molar refractivity (Wildman–Crippen MR) is 73.4 cm³/mol. The van der Waals surface area contributed by atoms with E-state index in [-0.39, 0.29) is 18.3 Å². The number of anilines is 1. The van der Waals surface area contributed by atoms with Crippen molar-refractivity contribution in [3.05, 3.63) is 24.0 Å². The first-order chi connectivity index (χ1) is 9.62. The van der Waals surface area contributed by atoms with Gasteiger partial charge in [0.15, 0.2) is 11.5 Å². The number of benzene rings is 1. The number of fused-ring (bicyclic) bond motifs is 1. The van der Waals surface area contributed by atoms with Gasteiger partial charge in [-0.25, -0.2) is 9.37 Å². The lowest BCUT2D eigenvalue weighted by Gasteiger charge is -2.32. The van der Waals surface area contributed by atoms with Gasteiger partial charge >= 0.3 is 0 Å². The summed E-state index contributed by atoms with van der Waals surface area (Å²) in [5.74, 6) is -0.133. The summed E-state index contributed by atoms with van der Waals surface area (Å²) < 4.78 is 14.3. The summed E-state index contributed by atoms with van der Waals surface area (Å²) in [7, 11) is 0. The van der Waals surface area contributed by atoms with Crippen LogP contribution in [0.2, 0.25) is 0 Å². The molecule has 106 valence electrons. The molecule has 6 heteroatoms. The third-order valence-corrected chi connectivity index (χ3v) is 3.66. The highest BCUT2D eigenvalue weighted by Crippen LogP contribution is 2.44. The number of rotatable bonds is 4. The van der Waals surface area contributed by atoms with Crippen LogP contribution in [0, 0.1) is 0 Å². The molecule has 1 saturated carbocycles. The molecule has 1 fully saturated rings. The Balaban J connectivity index is 2.00. The van der Waals surface area contributed by atoms with Gasteiger partial charge in [-0.2, -0.15) is 4.98 Å². The van der Waals surface area contributed by atoms with Gasteiger partial charge in [-0.05, 0) is 37.5 Å². The Labute approximate surface area is 115 Å². The molecule has 0 atom stereocenters. The minimum absolute atomic E-state index is 0.0177. The van der Waals surface area contributed by atoms with Crippen LogP contribution >= 0.6 is 0 Å². The standard InChI is InChI=1S/C14H16FN3O2/c15-14(4-1-5-14)13-17-11-3-2-9(16-6-7-19)8-10(11)12(20)18-13/h2-3,8,16,19H,1,4-7H2,(H,17,18,20). The van der Waals surface area contributed by atoms with E-state index in [1.54, 1.807) is 18.2 Å². The summed E-state index contributed by atoms with van der Waals surface area (Å²) in [5, 5.41) is 22.2. The smallest absolute Gasteiger partial charge is 0.222 e. The topological polar surface area (TPSA) is 78.3 Å². The summed E-state index contributed by atoms with van der Waals surface area (Å²) in [5.41, 5.74) is -0.220. The fourth-order valence-electron chi connectivity index (χ4n) is 2.33. The number of aliphatic hydroxyl groups is 1. The number of aromatic nitrogens is 2. The van der Waals surface area contributed by atoms with Crippen LogP contribution in [0.25, 0.3) is 10.9 Å². The van der Waals surface area contributed by atoms with E-state index in [4.69, 9.17) is 5.11 Å². The molecule has 2 aromatic rings. The number of halogens is 1. The van der Waals surface area contributed by atoms with E-state index in [2.05, 4.69) is 15.3 Å². The molecule has 3 N–H and O–H groups in total. The van der Waals surface area contributed by atoms with Gasteiger partial charge in [0.25, 0.3) is 0 Å². The minimum Gasteiger partial charge on any atom is -0.493 e. The van der Waals surface area contributed by atoms with Crippen molar-refractivity contribution < 1.29 is 14.6 Å². The molecular weight excluding hydrogens is 261 g/mol. The van der Waals surface area contributed by atoms with Crippen molar-refractivity contribution in [2.45, 2.75) is 24.9 Å². The number of aromatic hydroxyl groups is 1. The van der Waals surface area contributed by atoms with Crippen molar-refractivity contribution in [3.63, 3.8) is 0 Å². The Morgan fingerprint density at radius 3 is 2.75 bits per heavy atom. The Hall–Kier alpha value is -1.95. The molecule has 1 aromatic carbocycles. The molecule has 0 saturated heterocycles. The first-order valence-corrected chi connectivity index (χ1v) is 6.67. The predicted octanol–water partition coefficient (Wildman–Crippen LogP) is 2.09. The highest BCUT2D eigenvalue weighted by atomic mass is 19.1. The monoisotopic (exact) mass is 277 g/mol. The zero-order chi connectivity index (χ0) is 14.2. The summed E-state index contributed by atoms with van der Waals surface area (Å²) in [6, 6.07) is 5.18. The first kappa shape index (κ1) is 13.1. The lowest BCUT2D eigenvalue weighted by molar-refractivity contribution is 0.0504. The van der Waals surface area contributed by atoms with E-state index in [1.165, 1.54) is 0 Å². The molecule has 0 amide bonds. The molecule has 0 spiro atoms. The first-order valence-electron chi connectivity index (χ1n) is 6.67. The van der Waals surface area contributed by atoms with Crippen LogP contribution in [-0.2, 0) is 5.67 Å². The number of nitrogens with zero attached hydrogens (tertiary/aromatic N) is 2. The SMILES string of the molecule is OCCNc1ccc2nc(C3(F)CCC3)nc(O)c2c1. The molecule has 0 radical (unpaired) electrons. The summed E-state index contributed by atoms with van der Waals surface area (Å²) in [4.78, 5) is 8.14. The summed E-state index contributed by atoms with van der Waals surface area (Å²) >= 11 is 0. The molecule has 5 nitrogen and oxygen atoms in total. The molecule has 20 heavy (non-hydrogen) atoms. The lowest BCUT2D eigenvalue weighted by atomic mass is 9.81. The Bertz CT molecular complexity index is 644. The Kier molecular flexibility index (Phi) is 3.17. The maximum absolute atomic E-state index is 14.3. The van der Waals surface area contributed by atoms with Crippen LogP contribution in [0.1, 0.15) is 25.1 Å². The van der Waals surface area contributed by atoms with Crippen LogP contribution in [0.15, 0.2) is 18.2 Å². The van der Waals surface area contributed by atoms with Crippen LogP contribution in [0.5, 0.6) is 5.88 Å². The van der Waals surface area contributed by atoms with Crippen LogP contribution in [-0.4, -0.2) is 33.3 Å². The molecular formula is C14H16FN3O2. The van der Waals surface area contributed by atoms with Gasteiger partial charge in [-0.3, -0.25) is 0 Å².